The Hall–Kier alpha value is -2.67. The molecule has 4 atom stereocenters. The fraction of sp³-hybridized carbons (Fsp3) is 0.542. The molecule has 0 radical (unpaired) electrons. The Kier molecular flexibility index (Phi) is 5.52. The quantitative estimate of drug-likeness (QED) is 0.820. The molecular formula is C24H31N5O2. The number of carbonyl (C=O) groups is 1. The molecule has 1 aromatic carbocycles. The molecular weight excluding hydrogens is 390 g/mol. The van der Waals surface area contributed by atoms with Gasteiger partial charge in [-0.3, -0.25) is 4.79 Å². The van der Waals surface area contributed by atoms with Crippen LogP contribution in [0.5, 0.6) is 0 Å². The largest absolute Gasteiger partial charge is 0.393 e. The summed E-state index contributed by atoms with van der Waals surface area (Å²) in [4.78, 5) is 28.5. The number of fused-ring (bicyclic) bond motifs is 1. The monoisotopic (exact) mass is 421 g/mol. The van der Waals surface area contributed by atoms with Crippen molar-refractivity contribution < 1.29 is 9.90 Å². The maximum atomic E-state index is 13.0. The molecule has 0 spiro atoms. The van der Waals surface area contributed by atoms with Crippen LogP contribution >= 0.6 is 0 Å². The Morgan fingerprint density at radius 1 is 0.935 bits per heavy atom. The number of likely N-dealkylation sites (tertiary alicyclic amines) is 1. The molecule has 7 nitrogen and oxygen atoms in total. The van der Waals surface area contributed by atoms with E-state index in [0.717, 1.165) is 52.1 Å². The average Bonchev–Trinajstić information content (AvgIpc) is 3.22. The van der Waals surface area contributed by atoms with Crippen LogP contribution in [0.15, 0.2) is 42.7 Å². The highest BCUT2D eigenvalue weighted by Crippen LogP contribution is 2.39. The van der Waals surface area contributed by atoms with Gasteiger partial charge < -0.3 is 19.8 Å². The van der Waals surface area contributed by atoms with Crippen molar-refractivity contribution in [3.8, 4) is 0 Å². The van der Waals surface area contributed by atoms with Gasteiger partial charge in [0.2, 0.25) is 5.95 Å². The second-order valence-electron chi connectivity index (χ2n) is 9.33. The SMILES string of the molecule is CC1CC2CN(C(=O)c3cnc(N4CCN(c5ccccc5)CC4)nc3)CC2CC1O. The molecule has 4 unspecified atom stereocenters. The van der Waals surface area contributed by atoms with Crippen molar-refractivity contribution in [1.82, 2.24) is 14.9 Å². The molecule has 164 valence electrons. The van der Waals surface area contributed by atoms with Gasteiger partial charge in [0.15, 0.2) is 0 Å². The number of rotatable bonds is 3. The lowest BCUT2D eigenvalue weighted by Gasteiger charge is -2.36. The lowest BCUT2D eigenvalue weighted by atomic mass is 9.75. The number of amides is 1. The second kappa shape index (κ2) is 8.46. The van der Waals surface area contributed by atoms with Crippen LogP contribution in [0.1, 0.15) is 30.1 Å². The van der Waals surface area contributed by atoms with E-state index in [1.165, 1.54) is 5.69 Å². The summed E-state index contributed by atoms with van der Waals surface area (Å²) in [5.41, 5.74) is 1.80. The third-order valence-corrected chi connectivity index (χ3v) is 7.31. The summed E-state index contributed by atoms with van der Waals surface area (Å²) in [7, 11) is 0. The summed E-state index contributed by atoms with van der Waals surface area (Å²) in [5.74, 6) is 1.94. The molecule has 2 aromatic rings. The van der Waals surface area contributed by atoms with Gasteiger partial charge in [-0.15, -0.1) is 0 Å². The minimum Gasteiger partial charge on any atom is -0.393 e. The molecule has 3 fully saturated rings. The van der Waals surface area contributed by atoms with E-state index in [2.05, 4.69) is 51.0 Å². The first-order chi connectivity index (χ1) is 15.1. The Labute approximate surface area is 183 Å². The summed E-state index contributed by atoms with van der Waals surface area (Å²) in [6, 6.07) is 10.5. The predicted molar refractivity (Wildman–Crippen MR) is 120 cm³/mol. The summed E-state index contributed by atoms with van der Waals surface area (Å²) in [6.45, 7) is 7.19. The first-order valence-corrected chi connectivity index (χ1v) is 11.4. The minimum atomic E-state index is -0.235. The number of carbonyl (C=O) groups excluding carboxylic acids is 1. The smallest absolute Gasteiger partial charge is 0.257 e. The van der Waals surface area contributed by atoms with Crippen LogP contribution in [0, 0.1) is 17.8 Å². The van der Waals surface area contributed by atoms with Crippen molar-refractivity contribution >= 4 is 17.5 Å². The van der Waals surface area contributed by atoms with E-state index in [-0.39, 0.29) is 12.0 Å². The van der Waals surface area contributed by atoms with Gasteiger partial charge in [-0.1, -0.05) is 25.1 Å². The zero-order valence-corrected chi connectivity index (χ0v) is 18.1. The van der Waals surface area contributed by atoms with Gasteiger partial charge in [0.05, 0.1) is 11.7 Å². The number of piperazine rings is 1. The summed E-state index contributed by atoms with van der Waals surface area (Å²) in [5, 5.41) is 10.2. The number of benzene rings is 1. The first kappa shape index (κ1) is 20.2. The van der Waals surface area contributed by atoms with Gasteiger partial charge in [-0.25, -0.2) is 9.97 Å². The third-order valence-electron chi connectivity index (χ3n) is 7.31. The number of hydrogen-bond acceptors (Lipinski definition) is 6. The number of aromatic nitrogens is 2. The molecule has 2 saturated heterocycles. The van der Waals surface area contributed by atoms with Gasteiger partial charge in [-0.2, -0.15) is 0 Å². The predicted octanol–water partition coefficient (Wildman–Crippen LogP) is 2.28. The van der Waals surface area contributed by atoms with E-state index < -0.39 is 0 Å². The fourth-order valence-corrected chi connectivity index (χ4v) is 5.40. The molecule has 1 saturated carbocycles. The molecule has 31 heavy (non-hydrogen) atoms. The maximum absolute atomic E-state index is 13.0. The fourth-order valence-electron chi connectivity index (χ4n) is 5.40. The molecule has 1 aliphatic carbocycles. The van der Waals surface area contributed by atoms with Crippen LogP contribution in [-0.2, 0) is 0 Å². The summed E-state index contributed by atoms with van der Waals surface area (Å²) < 4.78 is 0. The van der Waals surface area contributed by atoms with Crippen molar-refractivity contribution in [3.05, 3.63) is 48.3 Å². The summed E-state index contributed by atoms with van der Waals surface area (Å²) >= 11 is 0. The van der Waals surface area contributed by atoms with Crippen LogP contribution < -0.4 is 9.80 Å². The van der Waals surface area contributed by atoms with E-state index in [1.54, 1.807) is 12.4 Å². The lowest BCUT2D eigenvalue weighted by molar-refractivity contribution is 0.0383. The van der Waals surface area contributed by atoms with Crippen molar-refractivity contribution in [3.63, 3.8) is 0 Å². The minimum absolute atomic E-state index is 0.0111. The highest BCUT2D eigenvalue weighted by molar-refractivity contribution is 5.94. The number of hydrogen-bond donors (Lipinski definition) is 1. The zero-order valence-electron chi connectivity index (χ0n) is 18.1. The molecule has 1 amide bonds. The van der Waals surface area contributed by atoms with E-state index in [4.69, 9.17) is 0 Å². The molecule has 7 heteroatoms. The van der Waals surface area contributed by atoms with Crippen LogP contribution in [0.2, 0.25) is 0 Å². The van der Waals surface area contributed by atoms with Gasteiger partial charge in [0, 0.05) is 57.3 Å². The third kappa shape index (κ3) is 4.11. The molecule has 2 aliphatic heterocycles. The topological polar surface area (TPSA) is 72.8 Å². The van der Waals surface area contributed by atoms with E-state index in [0.29, 0.717) is 29.3 Å². The maximum Gasteiger partial charge on any atom is 0.257 e. The van der Waals surface area contributed by atoms with E-state index in [1.807, 2.05) is 11.0 Å². The van der Waals surface area contributed by atoms with Gasteiger partial charge in [0.25, 0.3) is 5.91 Å². The van der Waals surface area contributed by atoms with E-state index in [9.17, 15) is 9.90 Å². The molecule has 5 rings (SSSR count). The molecule has 3 aliphatic rings. The lowest BCUT2D eigenvalue weighted by Crippen LogP contribution is -2.47. The van der Waals surface area contributed by atoms with Crippen molar-refractivity contribution in [1.29, 1.82) is 0 Å². The normalized spacial score (nSPS) is 28.5. The molecule has 0 bridgehead atoms. The van der Waals surface area contributed by atoms with Crippen LogP contribution in [0.25, 0.3) is 0 Å². The average molecular weight is 422 g/mol. The zero-order chi connectivity index (χ0) is 21.4. The van der Waals surface area contributed by atoms with Crippen LogP contribution in [0.3, 0.4) is 0 Å². The number of anilines is 2. The second-order valence-corrected chi connectivity index (χ2v) is 9.33. The summed E-state index contributed by atoms with van der Waals surface area (Å²) in [6.07, 6.45) is 4.92. The van der Waals surface area contributed by atoms with E-state index >= 15 is 0 Å². The Morgan fingerprint density at radius 2 is 1.55 bits per heavy atom. The molecule has 1 aromatic heterocycles. The number of aliphatic hydroxyl groups excluding tert-OH is 1. The number of aliphatic hydroxyl groups is 1. The van der Waals surface area contributed by atoms with Gasteiger partial charge in [-0.05, 0) is 42.7 Å². The van der Waals surface area contributed by atoms with Crippen molar-refractivity contribution in [2.24, 2.45) is 17.8 Å². The molecule has 3 heterocycles. The van der Waals surface area contributed by atoms with Crippen LogP contribution in [0.4, 0.5) is 11.6 Å². The molecule has 1 N–H and O–H groups in total. The van der Waals surface area contributed by atoms with Gasteiger partial charge >= 0.3 is 0 Å². The Balaban J connectivity index is 1.18. The first-order valence-electron chi connectivity index (χ1n) is 11.4. The van der Waals surface area contributed by atoms with Crippen molar-refractivity contribution in [2.75, 3.05) is 49.1 Å². The van der Waals surface area contributed by atoms with Gasteiger partial charge in [0.1, 0.15) is 0 Å². The van der Waals surface area contributed by atoms with Crippen LogP contribution in [-0.4, -0.2) is 71.3 Å². The number of para-hydroxylation sites is 1. The highest BCUT2D eigenvalue weighted by atomic mass is 16.3. The Morgan fingerprint density at radius 3 is 2.23 bits per heavy atom. The Bertz CT molecular complexity index is 880. The highest BCUT2D eigenvalue weighted by Gasteiger charge is 2.41. The number of nitrogens with zero attached hydrogens (tertiary/aromatic N) is 5. The van der Waals surface area contributed by atoms with Crippen molar-refractivity contribution in [2.45, 2.75) is 25.9 Å². The standard InChI is InChI=1S/C24H31N5O2/c1-17-11-18-15-29(16-19(18)12-22(17)30)23(31)20-13-25-24(26-14-20)28-9-7-27(8-10-28)21-5-3-2-4-6-21/h2-6,13-14,17-19,22,30H,7-12,15-16H2,1H3.